The number of thioether (sulfide) groups is 1. The molecule has 2 aliphatic rings. The molecule has 0 aliphatic carbocycles. The Morgan fingerprint density at radius 2 is 1.81 bits per heavy atom. The highest BCUT2D eigenvalue weighted by Gasteiger charge is 2.21. The molecular weight excluding hydrogens is 232 g/mol. The fourth-order valence-electron chi connectivity index (χ4n) is 1.45. The number of rotatable bonds is 2. The van der Waals surface area contributed by atoms with Crippen LogP contribution in [0.4, 0.5) is 0 Å². The average molecular weight is 248 g/mol. The molecule has 0 radical (unpaired) electrons. The summed E-state index contributed by atoms with van der Waals surface area (Å²) in [6.07, 6.45) is 1.78. The van der Waals surface area contributed by atoms with Crippen LogP contribution in [0.5, 0.6) is 0 Å². The van der Waals surface area contributed by atoms with Crippen LogP contribution in [0, 0.1) is 0 Å². The van der Waals surface area contributed by atoms with Gasteiger partial charge in [0.05, 0.1) is 0 Å². The Kier molecular flexibility index (Phi) is 5.58. The van der Waals surface area contributed by atoms with E-state index in [1.807, 2.05) is 0 Å². The molecule has 2 rings (SSSR count). The lowest BCUT2D eigenvalue weighted by molar-refractivity contribution is -0.139. The molecular formula is C9H16N2O4S. The maximum absolute atomic E-state index is 10.1. The van der Waals surface area contributed by atoms with Crippen molar-refractivity contribution >= 4 is 23.7 Å². The number of nitrogens with one attached hydrogen (secondary N) is 2. The normalized spacial score (nSPS) is 28.2. The van der Waals surface area contributed by atoms with Crippen molar-refractivity contribution in [2.45, 2.75) is 24.9 Å². The lowest BCUT2D eigenvalue weighted by Crippen LogP contribution is -2.32. The number of carboxylic acids is 2. The van der Waals surface area contributed by atoms with Crippen LogP contribution in [0.15, 0.2) is 0 Å². The molecule has 2 atom stereocenters. The van der Waals surface area contributed by atoms with Gasteiger partial charge >= 0.3 is 11.9 Å². The van der Waals surface area contributed by atoms with Crippen LogP contribution in [0.1, 0.15) is 12.8 Å². The zero-order valence-corrected chi connectivity index (χ0v) is 9.63. The summed E-state index contributed by atoms with van der Waals surface area (Å²) in [6.45, 7) is 0.858. The molecule has 2 aliphatic heterocycles. The topological polar surface area (TPSA) is 98.7 Å². The predicted molar refractivity (Wildman–Crippen MR) is 60.5 cm³/mol. The Morgan fingerprint density at radius 1 is 1.12 bits per heavy atom. The zero-order chi connectivity index (χ0) is 12.0. The fourth-order valence-corrected chi connectivity index (χ4v) is 2.38. The van der Waals surface area contributed by atoms with E-state index in [0.29, 0.717) is 5.75 Å². The number of carboxylic acid groups (broad SMARTS) is 2. The van der Waals surface area contributed by atoms with Crippen LogP contribution in [0.2, 0.25) is 0 Å². The number of aliphatic carboxylic acids is 2. The molecule has 0 aromatic rings. The van der Waals surface area contributed by atoms with Gasteiger partial charge in [-0.05, 0) is 19.4 Å². The second-order valence-corrected chi connectivity index (χ2v) is 4.63. The van der Waals surface area contributed by atoms with Crippen LogP contribution in [-0.2, 0) is 9.59 Å². The van der Waals surface area contributed by atoms with Crippen LogP contribution >= 0.6 is 11.8 Å². The lowest BCUT2D eigenvalue weighted by atomic mass is 10.2. The summed E-state index contributed by atoms with van der Waals surface area (Å²) in [5.41, 5.74) is 0. The van der Waals surface area contributed by atoms with Crippen molar-refractivity contribution in [2.24, 2.45) is 0 Å². The molecule has 4 N–H and O–H groups in total. The molecule has 16 heavy (non-hydrogen) atoms. The molecule has 2 heterocycles. The summed E-state index contributed by atoms with van der Waals surface area (Å²) in [5.74, 6) is 0.0178. The molecule has 2 fully saturated rings. The first-order valence-electron chi connectivity index (χ1n) is 5.11. The van der Waals surface area contributed by atoms with Gasteiger partial charge in [0.15, 0.2) is 0 Å². The van der Waals surface area contributed by atoms with Gasteiger partial charge in [-0.2, -0.15) is 0 Å². The smallest absolute Gasteiger partial charge is 0.321 e. The summed E-state index contributed by atoms with van der Waals surface area (Å²) in [4.78, 5) is 20.3. The number of carbonyl (C=O) groups is 2. The van der Waals surface area contributed by atoms with Crippen LogP contribution in [0.25, 0.3) is 0 Å². The fraction of sp³-hybridized carbons (Fsp3) is 0.778. The molecule has 6 nitrogen and oxygen atoms in total. The Morgan fingerprint density at radius 3 is 2.06 bits per heavy atom. The highest BCUT2D eigenvalue weighted by Crippen LogP contribution is 2.08. The van der Waals surface area contributed by atoms with E-state index in [1.54, 1.807) is 11.8 Å². The van der Waals surface area contributed by atoms with E-state index in [2.05, 4.69) is 10.6 Å². The van der Waals surface area contributed by atoms with Gasteiger partial charge in [-0.25, -0.2) is 0 Å². The summed E-state index contributed by atoms with van der Waals surface area (Å²) in [7, 11) is 0. The second kappa shape index (κ2) is 6.72. The maximum atomic E-state index is 10.1. The lowest BCUT2D eigenvalue weighted by Gasteiger charge is -1.99. The second-order valence-electron chi connectivity index (χ2n) is 3.60. The van der Waals surface area contributed by atoms with Gasteiger partial charge in [0.1, 0.15) is 12.1 Å². The summed E-state index contributed by atoms with van der Waals surface area (Å²) >= 11 is 1.62. The summed E-state index contributed by atoms with van der Waals surface area (Å²) < 4.78 is 0. The SMILES string of the molecule is O=C(O)C1CCCN1.O=C(O)C1CSCN1. The molecule has 92 valence electrons. The van der Waals surface area contributed by atoms with Crippen LogP contribution in [0.3, 0.4) is 0 Å². The van der Waals surface area contributed by atoms with E-state index in [0.717, 1.165) is 25.3 Å². The van der Waals surface area contributed by atoms with Crippen molar-refractivity contribution in [3.63, 3.8) is 0 Å². The van der Waals surface area contributed by atoms with Gasteiger partial charge in [0, 0.05) is 11.6 Å². The first-order valence-corrected chi connectivity index (χ1v) is 6.27. The minimum Gasteiger partial charge on any atom is -0.480 e. The van der Waals surface area contributed by atoms with Crippen molar-refractivity contribution in [3.05, 3.63) is 0 Å². The van der Waals surface area contributed by atoms with Crippen LogP contribution in [-0.4, -0.2) is 52.4 Å². The first-order chi connectivity index (χ1) is 7.61. The molecule has 0 spiro atoms. The van der Waals surface area contributed by atoms with Crippen molar-refractivity contribution in [3.8, 4) is 0 Å². The van der Waals surface area contributed by atoms with Crippen molar-refractivity contribution in [1.82, 2.24) is 10.6 Å². The standard InChI is InChI=1S/C5H9NO2.C4H7NO2S/c7-5(8)4-2-1-3-6-4;6-4(7)3-1-8-2-5-3/h4,6H,1-3H2,(H,7,8);3,5H,1-2H2,(H,6,7). The average Bonchev–Trinajstić information content (AvgIpc) is 2.93. The van der Waals surface area contributed by atoms with Gasteiger partial charge < -0.3 is 15.5 Å². The van der Waals surface area contributed by atoms with E-state index in [9.17, 15) is 9.59 Å². The van der Waals surface area contributed by atoms with E-state index >= 15 is 0 Å². The van der Waals surface area contributed by atoms with Gasteiger partial charge in [-0.3, -0.25) is 14.9 Å². The number of hydrogen-bond donors (Lipinski definition) is 4. The highest BCUT2D eigenvalue weighted by atomic mass is 32.2. The third-order valence-corrected chi connectivity index (χ3v) is 3.31. The maximum Gasteiger partial charge on any atom is 0.321 e. The van der Waals surface area contributed by atoms with Gasteiger partial charge in [-0.15, -0.1) is 11.8 Å². The van der Waals surface area contributed by atoms with E-state index < -0.39 is 11.9 Å². The zero-order valence-electron chi connectivity index (χ0n) is 8.81. The van der Waals surface area contributed by atoms with Crippen molar-refractivity contribution in [2.75, 3.05) is 18.2 Å². The Bertz CT molecular complexity index is 224. The Labute approximate surface area is 97.8 Å². The van der Waals surface area contributed by atoms with Gasteiger partial charge in [0.25, 0.3) is 0 Å². The minimum absolute atomic E-state index is 0.269. The van der Waals surface area contributed by atoms with E-state index in [-0.39, 0.29) is 12.1 Å². The van der Waals surface area contributed by atoms with Crippen molar-refractivity contribution in [1.29, 1.82) is 0 Å². The largest absolute Gasteiger partial charge is 0.480 e. The summed E-state index contributed by atoms with van der Waals surface area (Å²) in [6, 6.07) is -0.574. The van der Waals surface area contributed by atoms with Gasteiger partial charge in [0.2, 0.25) is 0 Å². The molecule has 2 unspecified atom stereocenters. The molecule has 0 amide bonds. The van der Waals surface area contributed by atoms with Crippen LogP contribution < -0.4 is 10.6 Å². The minimum atomic E-state index is -0.741. The third kappa shape index (κ3) is 4.38. The molecule has 0 saturated carbocycles. The van der Waals surface area contributed by atoms with Gasteiger partial charge in [-0.1, -0.05) is 0 Å². The third-order valence-electron chi connectivity index (χ3n) is 2.37. The van der Waals surface area contributed by atoms with E-state index in [1.165, 1.54) is 0 Å². The quantitative estimate of drug-likeness (QED) is 0.525. The molecule has 0 aromatic carbocycles. The summed E-state index contributed by atoms with van der Waals surface area (Å²) in [5, 5.41) is 22.4. The molecule has 2 saturated heterocycles. The Hall–Kier alpha value is -0.790. The molecule has 0 bridgehead atoms. The molecule has 7 heteroatoms. The van der Waals surface area contributed by atoms with E-state index in [4.69, 9.17) is 10.2 Å². The highest BCUT2D eigenvalue weighted by molar-refractivity contribution is 7.99. The molecule has 0 aromatic heterocycles. The number of hydrogen-bond acceptors (Lipinski definition) is 5. The predicted octanol–water partition coefficient (Wildman–Crippen LogP) is -0.443. The Balaban J connectivity index is 0.000000160. The van der Waals surface area contributed by atoms with Crippen molar-refractivity contribution < 1.29 is 19.8 Å². The monoisotopic (exact) mass is 248 g/mol. The first kappa shape index (κ1) is 13.3.